The Kier molecular flexibility index (Phi) is 5.30. The molecule has 1 N–H and O–H groups in total. The molecule has 0 heterocycles. The average molecular weight is 225 g/mol. The fourth-order valence-corrected chi connectivity index (χ4v) is 2.48. The van der Waals surface area contributed by atoms with E-state index < -0.39 is 0 Å². The summed E-state index contributed by atoms with van der Waals surface area (Å²) in [6.45, 7) is 14.2. The van der Waals surface area contributed by atoms with Crippen molar-refractivity contribution in [1.82, 2.24) is 5.32 Å². The Hall–Kier alpha value is -0.0400. The van der Waals surface area contributed by atoms with E-state index in [9.17, 15) is 0 Å². The van der Waals surface area contributed by atoms with Crippen LogP contribution in [0.25, 0.3) is 0 Å². The molecule has 16 heavy (non-hydrogen) atoms. The summed E-state index contributed by atoms with van der Waals surface area (Å²) in [5, 5.41) is 3.67. The van der Waals surface area contributed by atoms with Crippen LogP contribution in [0.15, 0.2) is 0 Å². The first-order valence-electron chi connectivity index (χ1n) is 7.15. The lowest BCUT2D eigenvalue weighted by Crippen LogP contribution is -2.35. The topological polar surface area (TPSA) is 12.0 Å². The van der Waals surface area contributed by atoms with Gasteiger partial charge in [-0.3, -0.25) is 0 Å². The molecule has 0 aromatic rings. The van der Waals surface area contributed by atoms with Gasteiger partial charge >= 0.3 is 0 Å². The van der Waals surface area contributed by atoms with Crippen LogP contribution in [0.2, 0.25) is 0 Å². The van der Waals surface area contributed by atoms with Gasteiger partial charge < -0.3 is 5.32 Å². The predicted octanol–water partition coefficient (Wildman–Crippen LogP) is 4.08. The summed E-state index contributed by atoms with van der Waals surface area (Å²) in [6.07, 6.45) is 5.73. The fraction of sp³-hybridized carbons (Fsp3) is 1.00. The lowest BCUT2D eigenvalue weighted by molar-refractivity contribution is 0.217. The van der Waals surface area contributed by atoms with Crippen LogP contribution >= 0.6 is 0 Å². The van der Waals surface area contributed by atoms with Gasteiger partial charge in [-0.15, -0.1) is 0 Å². The van der Waals surface area contributed by atoms with Crippen molar-refractivity contribution in [2.75, 3.05) is 13.1 Å². The molecule has 0 radical (unpaired) electrons. The molecule has 0 aromatic heterocycles. The maximum absolute atomic E-state index is 3.67. The van der Waals surface area contributed by atoms with E-state index in [0.717, 1.165) is 17.8 Å². The lowest BCUT2D eigenvalue weighted by Gasteiger charge is -2.31. The molecule has 1 saturated carbocycles. The van der Waals surface area contributed by atoms with Crippen LogP contribution in [-0.4, -0.2) is 13.1 Å². The third kappa shape index (κ3) is 4.86. The molecule has 1 heteroatoms. The molecular weight excluding hydrogens is 194 g/mol. The molecule has 0 amide bonds. The second-order valence-electron chi connectivity index (χ2n) is 6.89. The molecule has 1 atom stereocenters. The summed E-state index contributed by atoms with van der Waals surface area (Å²) in [5.74, 6) is 2.63. The first kappa shape index (κ1) is 14.0. The van der Waals surface area contributed by atoms with Gasteiger partial charge in [-0.1, -0.05) is 41.0 Å². The zero-order valence-electron chi connectivity index (χ0n) is 12.0. The van der Waals surface area contributed by atoms with Gasteiger partial charge in [-0.25, -0.2) is 0 Å². The van der Waals surface area contributed by atoms with Crippen molar-refractivity contribution in [3.8, 4) is 0 Å². The minimum absolute atomic E-state index is 0.569. The van der Waals surface area contributed by atoms with Crippen LogP contribution in [-0.2, 0) is 0 Å². The minimum atomic E-state index is 0.569. The number of hydrogen-bond donors (Lipinski definition) is 1. The van der Waals surface area contributed by atoms with E-state index in [1.54, 1.807) is 0 Å². The fourth-order valence-electron chi connectivity index (χ4n) is 2.48. The van der Waals surface area contributed by atoms with E-state index in [-0.39, 0.29) is 0 Å². The number of hydrogen-bond acceptors (Lipinski definition) is 1. The normalized spacial score (nSPS) is 20.4. The van der Waals surface area contributed by atoms with E-state index >= 15 is 0 Å². The molecular formula is C15H31N. The monoisotopic (exact) mass is 225 g/mol. The Morgan fingerprint density at radius 2 is 1.75 bits per heavy atom. The minimum Gasteiger partial charge on any atom is -0.316 e. The van der Waals surface area contributed by atoms with Gasteiger partial charge in [0, 0.05) is 6.54 Å². The molecule has 1 rings (SSSR count). The molecule has 0 bridgehead atoms. The van der Waals surface area contributed by atoms with Gasteiger partial charge in [0.1, 0.15) is 0 Å². The second kappa shape index (κ2) is 6.05. The van der Waals surface area contributed by atoms with Crippen LogP contribution in [0, 0.1) is 23.2 Å². The highest BCUT2D eigenvalue weighted by Crippen LogP contribution is 2.48. The SMILES string of the molecule is CC(C)CCC(C)(CNCC(C)C)C1CC1. The average Bonchev–Trinajstić information content (AvgIpc) is 2.97. The summed E-state index contributed by atoms with van der Waals surface area (Å²) in [6, 6.07) is 0. The standard InChI is InChI=1S/C15H31N/c1-12(2)8-9-15(5,14-6-7-14)11-16-10-13(3)4/h12-14,16H,6-11H2,1-5H3. The first-order valence-corrected chi connectivity index (χ1v) is 7.15. The van der Waals surface area contributed by atoms with Crippen molar-refractivity contribution >= 4 is 0 Å². The predicted molar refractivity (Wildman–Crippen MR) is 72.6 cm³/mol. The first-order chi connectivity index (χ1) is 7.44. The Bertz CT molecular complexity index is 194. The summed E-state index contributed by atoms with van der Waals surface area (Å²) in [7, 11) is 0. The molecule has 1 fully saturated rings. The van der Waals surface area contributed by atoms with Crippen molar-refractivity contribution in [3.63, 3.8) is 0 Å². The van der Waals surface area contributed by atoms with E-state index in [2.05, 4.69) is 39.9 Å². The Morgan fingerprint density at radius 1 is 1.12 bits per heavy atom. The van der Waals surface area contributed by atoms with Crippen molar-refractivity contribution in [1.29, 1.82) is 0 Å². The van der Waals surface area contributed by atoms with Crippen LogP contribution in [0.5, 0.6) is 0 Å². The van der Waals surface area contributed by atoms with Gasteiger partial charge in [-0.2, -0.15) is 0 Å². The van der Waals surface area contributed by atoms with Gasteiger partial charge in [0.25, 0.3) is 0 Å². The molecule has 0 aliphatic heterocycles. The Morgan fingerprint density at radius 3 is 2.19 bits per heavy atom. The highest BCUT2D eigenvalue weighted by atomic mass is 14.9. The number of rotatable bonds is 8. The van der Waals surface area contributed by atoms with Crippen LogP contribution in [0.1, 0.15) is 60.3 Å². The maximum atomic E-state index is 3.67. The highest BCUT2D eigenvalue weighted by molar-refractivity contribution is 4.92. The van der Waals surface area contributed by atoms with Gasteiger partial charge in [0.05, 0.1) is 0 Å². The zero-order chi connectivity index (χ0) is 12.2. The maximum Gasteiger partial charge on any atom is 0.000793 e. The molecule has 0 spiro atoms. The van der Waals surface area contributed by atoms with E-state index in [1.165, 1.54) is 38.8 Å². The Balaban J connectivity index is 2.32. The summed E-state index contributed by atoms with van der Waals surface area (Å²) in [5.41, 5.74) is 0.569. The van der Waals surface area contributed by atoms with Crippen molar-refractivity contribution in [2.45, 2.75) is 60.3 Å². The molecule has 96 valence electrons. The summed E-state index contributed by atoms with van der Waals surface area (Å²) >= 11 is 0. The molecule has 0 saturated heterocycles. The van der Waals surface area contributed by atoms with E-state index in [4.69, 9.17) is 0 Å². The summed E-state index contributed by atoms with van der Waals surface area (Å²) in [4.78, 5) is 0. The van der Waals surface area contributed by atoms with Gasteiger partial charge in [0.15, 0.2) is 0 Å². The molecule has 0 aromatic carbocycles. The third-order valence-electron chi connectivity index (χ3n) is 3.94. The number of nitrogens with one attached hydrogen (secondary N) is 1. The highest BCUT2D eigenvalue weighted by Gasteiger charge is 2.40. The van der Waals surface area contributed by atoms with Crippen molar-refractivity contribution in [2.24, 2.45) is 23.2 Å². The molecule has 1 unspecified atom stereocenters. The second-order valence-corrected chi connectivity index (χ2v) is 6.89. The molecule has 1 aliphatic carbocycles. The van der Waals surface area contributed by atoms with E-state index in [0.29, 0.717) is 5.41 Å². The van der Waals surface area contributed by atoms with Gasteiger partial charge in [-0.05, 0) is 49.0 Å². The van der Waals surface area contributed by atoms with E-state index in [1.807, 2.05) is 0 Å². The Labute approximate surface area is 102 Å². The quantitative estimate of drug-likeness (QED) is 0.656. The zero-order valence-corrected chi connectivity index (χ0v) is 12.0. The third-order valence-corrected chi connectivity index (χ3v) is 3.94. The molecule has 1 nitrogen and oxygen atoms in total. The lowest BCUT2D eigenvalue weighted by atomic mass is 9.78. The van der Waals surface area contributed by atoms with Crippen molar-refractivity contribution < 1.29 is 0 Å². The van der Waals surface area contributed by atoms with Gasteiger partial charge in [0.2, 0.25) is 0 Å². The largest absolute Gasteiger partial charge is 0.316 e. The van der Waals surface area contributed by atoms with Crippen molar-refractivity contribution in [3.05, 3.63) is 0 Å². The van der Waals surface area contributed by atoms with Crippen LogP contribution < -0.4 is 5.32 Å². The summed E-state index contributed by atoms with van der Waals surface area (Å²) < 4.78 is 0. The smallest absolute Gasteiger partial charge is 0.000793 e. The molecule has 1 aliphatic rings. The van der Waals surface area contributed by atoms with Crippen LogP contribution in [0.3, 0.4) is 0 Å². The van der Waals surface area contributed by atoms with Crippen LogP contribution in [0.4, 0.5) is 0 Å².